The predicted octanol–water partition coefficient (Wildman–Crippen LogP) is 4.06. The molecule has 1 aromatic heterocycles. The summed E-state index contributed by atoms with van der Waals surface area (Å²) in [5, 5.41) is 22.4. The van der Waals surface area contributed by atoms with Crippen LogP contribution in [0.1, 0.15) is 63.0 Å². The quantitative estimate of drug-likeness (QED) is 0.383. The summed E-state index contributed by atoms with van der Waals surface area (Å²) in [5.41, 5.74) is 2.13. The molecule has 2 heterocycles. The van der Waals surface area contributed by atoms with Gasteiger partial charge in [0.05, 0.1) is 25.6 Å². The van der Waals surface area contributed by atoms with Crippen LogP contribution in [0.2, 0.25) is 0 Å². The van der Waals surface area contributed by atoms with Crippen LogP contribution in [0.3, 0.4) is 0 Å². The Labute approximate surface area is 247 Å². The monoisotopic (exact) mass is 584 g/mol. The number of nitrogens with zero attached hydrogens (tertiary/aromatic N) is 3. The highest BCUT2D eigenvalue weighted by molar-refractivity contribution is 6.00. The zero-order valence-electron chi connectivity index (χ0n) is 25.2. The van der Waals surface area contributed by atoms with Gasteiger partial charge >= 0.3 is 12.1 Å². The molecular weight excluding hydrogens is 540 g/mol. The van der Waals surface area contributed by atoms with Gasteiger partial charge in [0, 0.05) is 36.8 Å². The van der Waals surface area contributed by atoms with Gasteiger partial charge in [0.25, 0.3) is 0 Å². The predicted molar refractivity (Wildman–Crippen MR) is 159 cm³/mol. The smallest absolute Gasteiger partial charge is 0.323 e. The van der Waals surface area contributed by atoms with E-state index in [2.05, 4.69) is 21.1 Å². The van der Waals surface area contributed by atoms with Gasteiger partial charge in [-0.15, -0.1) is 0 Å². The zero-order valence-corrected chi connectivity index (χ0v) is 25.2. The lowest BCUT2D eigenvalue weighted by Gasteiger charge is -2.34. The summed E-state index contributed by atoms with van der Waals surface area (Å²) in [6.07, 6.45) is 5.04. The van der Waals surface area contributed by atoms with Crippen LogP contribution in [-0.2, 0) is 11.2 Å². The molecule has 12 heteroatoms. The number of amides is 5. The summed E-state index contributed by atoms with van der Waals surface area (Å²) in [4.78, 5) is 42.6. The third kappa shape index (κ3) is 7.72. The molecule has 5 amide bonds. The first-order valence-electron chi connectivity index (χ1n) is 14.8. The molecule has 1 aliphatic carbocycles. The Kier molecular flexibility index (Phi) is 10.3. The van der Waals surface area contributed by atoms with Crippen molar-refractivity contribution in [1.82, 2.24) is 20.3 Å². The second kappa shape index (κ2) is 13.9. The van der Waals surface area contributed by atoms with Gasteiger partial charge in [0.1, 0.15) is 23.2 Å². The molecule has 4 N–H and O–H groups in total. The molecule has 0 radical (unpaired) electrons. The van der Waals surface area contributed by atoms with Crippen LogP contribution < -0.4 is 20.7 Å². The number of aryl methyl sites for hydroxylation is 2. The molecule has 1 aliphatic heterocycles. The van der Waals surface area contributed by atoms with Crippen LogP contribution in [-0.4, -0.2) is 83.0 Å². The minimum atomic E-state index is -0.479. The topological polar surface area (TPSA) is 149 Å². The number of benzene rings is 1. The molecule has 2 aromatic rings. The van der Waals surface area contributed by atoms with Crippen LogP contribution in [0, 0.1) is 19.8 Å². The molecule has 1 aromatic carbocycles. The van der Waals surface area contributed by atoms with E-state index in [1.165, 1.54) is 6.42 Å². The Bertz CT molecular complexity index is 1240. The number of likely N-dealkylation sites (N-methyl/N-ethyl adjacent to an activating group) is 1. The Hall–Kier alpha value is -3.80. The fraction of sp³-hybridized carbons (Fsp3) is 0.600. The van der Waals surface area contributed by atoms with E-state index in [0.717, 1.165) is 25.7 Å². The Morgan fingerprint density at radius 2 is 1.93 bits per heavy atom. The molecule has 42 heavy (non-hydrogen) atoms. The molecule has 0 saturated heterocycles. The molecule has 230 valence electrons. The largest absolute Gasteiger partial charge is 0.488 e. The molecule has 1 fully saturated rings. The van der Waals surface area contributed by atoms with Gasteiger partial charge in [-0.3, -0.25) is 4.79 Å². The molecule has 0 bridgehead atoms. The highest BCUT2D eigenvalue weighted by atomic mass is 16.5. The van der Waals surface area contributed by atoms with Crippen molar-refractivity contribution in [3.63, 3.8) is 0 Å². The molecule has 0 unspecified atom stereocenters. The average Bonchev–Trinajstić information content (AvgIpc) is 3.29. The van der Waals surface area contributed by atoms with E-state index in [-0.39, 0.29) is 36.9 Å². The Morgan fingerprint density at radius 3 is 2.60 bits per heavy atom. The van der Waals surface area contributed by atoms with Crippen LogP contribution in [0.25, 0.3) is 0 Å². The van der Waals surface area contributed by atoms with Crippen LogP contribution in [0.4, 0.5) is 21.0 Å². The van der Waals surface area contributed by atoms with E-state index in [0.29, 0.717) is 47.2 Å². The van der Waals surface area contributed by atoms with Gasteiger partial charge in [-0.2, -0.15) is 0 Å². The van der Waals surface area contributed by atoms with Crippen molar-refractivity contribution < 1.29 is 28.8 Å². The highest BCUT2D eigenvalue weighted by Gasteiger charge is 2.32. The van der Waals surface area contributed by atoms with E-state index in [9.17, 15) is 19.5 Å². The SMILES string of the molecule is Cc1noc(C)c1NC(=O)Nc1ccc2c(c1)CC(=O)N([C@@H](C)CO)C[C@H](C)[C@@H](CN(C)C(=O)NC1CCCCC1)O2. The maximum Gasteiger partial charge on any atom is 0.323 e. The number of ether oxygens (including phenoxy) is 1. The maximum absolute atomic E-state index is 13.5. The third-order valence-electron chi connectivity index (χ3n) is 8.18. The van der Waals surface area contributed by atoms with Crippen LogP contribution in [0.5, 0.6) is 5.75 Å². The lowest BCUT2D eigenvalue weighted by Crippen LogP contribution is -2.50. The number of hydrogen-bond donors (Lipinski definition) is 4. The number of fused-ring (bicyclic) bond motifs is 1. The van der Waals surface area contributed by atoms with Gasteiger partial charge in [-0.1, -0.05) is 31.3 Å². The number of urea groups is 2. The first kappa shape index (κ1) is 31.1. The molecular formula is C30H44N6O6. The minimum absolute atomic E-state index is 0.0259. The summed E-state index contributed by atoms with van der Waals surface area (Å²) in [5.74, 6) is 0.704. The number of anilines is 2. The maximum atomic E-state index is 13.5. The number of nitrogens with one attached hydrogen (secondary N) is 3. The lowest BCUT2D eigenvalue weighted by atomic mass is 9.96. The van der Waals surface area contributed by atoms with Gasteiger partial charge < -0.3 is 40.1 Å². The standard InChI is InChI=1S/C30H44N6O6/c1-18-15-36(19(2)17-37)27(38)14-22-13-24(31-29(39)33-28-20(3)34-42-21(28)4)11-12-25(22)41-26(18)16-35(5)30(40)32-23-9-7-6-8-10-23/h11-13,18-19,23,26,37H,6-10,14-17H2,1-5H3,(H,32,40)(H2,31,33,39)/t18-,19-,26+/m0/s1. The molecule has 4 rings (SSSR count). The average molecular weight is 585 g/mol. The number of aromatic nitrogens is 1. The summed E-state index contributed by atoms with van der Waals surface area (Å²) >= 11 is 0. The number of rotatable bonds is 7. The fourth-order valence-corrected chi connectivity index (χ4v) is 5.55. The number of aliphatic hydroxyl groups is 1. The van der Waals surface area contributed by atoms with Gasteiger partial charge in [0.2, 0.25) is 5.91 Å². The number of carbonyl (C=O) groups is 3. The Balaban J connectivity index is 1.54. The fourth-order valence-electron chi connectivity index (χ4n) is 5.55. The normalized spacial score (nSPS) is 20.3. The third-order valence-corrected chi connectivity index (χ3v) is 8.18. The summed E-state index contributed by atoms with van der Waals surface area (Å²) in [6, 6.07) is 4.34. The highest BCUT2D eigenvalue weighted by Crippen LogP contribution is 2.30. The van der Waals surface area contributed by atoms with Crippen molar-refractivity contribution in [3.05, 3.63) is 35.2 Å². The van der Waals surface area contributed by atoms with Crippen molar-refractivity contribution in [3.8, 4) is 5.75 Å². The van der Waals surface area contributed by atoms with Gasteiger partial charge in [0.15, 0.2) is 5.76 Å². The van der Waals surface area contributed by atoms with Gasteiger partial charge in [-0.25, -0.2) is 9.59 Å². The Morgan fingerprint density at radius 1 is 1.19 bits per heavy atom. The molecule has 0 spiro atoms. The first-order valence-corrected chi connectivity index (χ1v) is 14.8. The molecule has 12 nitrogen and oxygen atoms in total. The van der Waals surface area contributed by atoms with Crippen molar-refractivity contribution in [2.75, 3.05) is 37.4 Å². The van der Waals surface area contributed by atoms with Crippen LogP contribution >= 0.6 is 0 Å². The van der Waals surface area contributed by atoms with Crippen molar-refractivity contribution in [2.45, 2.75) is 84.4 Å². The zero-order chi connectivity index (χ0) is 30.4. The van der Waals surface area contributed by atoms with E-state index < -0.39 is 18.2 Å². The van der Waals surface area contributed by atoms with Crippen molar-refractivity contribution in [2.24, 2.45) is 5.92 Å². The van der Waals surface area contributed by atoms with E-state index in [4.69, 9.17) is 9.26 Å². The van der Waals surface area contributed by atoms with Crippen molar-refractivity contribution >= 4 is 29.3 Å². The number of aliphatic hydroxyl groups excluding tert-OH is 1. The second-order valence-electron chi connectivity index (χ2n) is 11.7. The summed E-state index contributed by atoms with van der Waals surface area (Å²) in [7, 11) is 1.76. The van der Waals surface area contributed by atoms with E-state index in [1.54, 1.807) is 55.8 Å². The number of carbonyl (C=O) groups excluding carboxylic acids is 3. The van der Waals surface area contributed by atoms with E-state index in [1.807, 2.05) is 6.92 Å². The first-order chi connectivity index (χ1) is 20.0. The lowest BCUT2D eigenvalue weighted by molar-refractivity contribution is -0.134. The number of hydrogen-bond acceptors (Lipinski definition) is 7. The van der Waals surface area contributed by atoms with Crippen molar-refractivity contribution in [1.29, 1.82) is 0 Å². The molecule has 2 aliphatic rings. The van der Waals surface area contributed by atoms with Crippen LogP contribution in [0.15, 0.2) is 22.7 Å². The second-order valence-corrected chi connectivity index (χ2v) is 11.7. The van der Waals surface area contributed by atoms with E-state index >= 15 is 0 Å². The summed E-state index contributed by atoms with van der Waals surface area (Å²) < 4.78 is 11.6. The molecule has 3 atom stereocenters. The van der Waals surface area contributed by atoms with Gasteiger partial charge in [-0.05, 0) is 51.8 Å². The molecule has 1 saturated carbocycles. The summed E-state index contributed by atoms with van der Waals surface area (Å²) in [6.45, 7) is 7.74. The minimum Gasteiger partial charge on any atom is -0.488 e.